The molecule has 0 saturated heterocycles. The van der Waals surface area contributed by atoms with Gasteiger partial charge in [0, 0.05) is 12.4 Å². The average molecular weight is 245 g/mol. The van der Waals surface area contributed by atoms with Crippen molar-refractivity contribution in [2.45, 2.75) is 64.7 Å². The zero-order chi connectivity index (χ0) is 12.6. The lowest BCUT2D eigenvalue weighted by atomic mass is 9.79. The van der Waals surface area contributed by atoms with Gasteiger partial charge in [-0.1, -0.05) is 51.9 Å². The van der Waals surface area contributed by atoms with E-state index in [0.29, 0.717) is 0 Å². The van der Waals surface area contributed by atoms with Crippen molar-refractivity contribution in [3.05, 3.63) is 30.1 Å². The van der Waals surface area contributed by atoms with Crippen molar-refractivity contribution in [3.63, 3.8) is 0 Å². The Morgan fingerprint density at radius 1 is 1.17 bits per heavy atom. The zero-order valence-electron chi connectivity index (χ0n) is 11.8. The molecule has 1 unspecified atom stereocenters. The quantitative estimate of drug-likeness (QED) is 0.686. The van der Waals surface area contributed by atoms with Gasteiger partial charge in [0.2, 0.25) is 0 Å². The minimum atomic E-state index is 0.889. The minimum absolute atomic E-state index is 0.889. The molecule has 0 radical (unpaired) electrons. The summed E-state index contributed by atoms with van der Waals surface area (Å²) in [5, 5.41) is 0. The first kappa shape index (κ1) is 13.6. The third-order valence-electron chi connectivity index (χ3n) is 4.36. The molecule has 1 saturated carbocycles. The molecule has 2 rings (SSSR count). The van der Waals surface area contributed by atoms with Crippen molar-refractivity contribution in [1.82, 2.24) is 4.98 Å². The highest BCUT2D eigenvalue weighted by molar-refractivity contribution is 5.10. The van der Waals surface area contributed by atoms with Crippen LogP contribution in [0.3, 0.4) is 0 Å². The predicted octanol–water partition coefficient (Wildman–Crippen LogP) is 5.01. The van der Waals surface area contributed by atoms with Crippen molar-refractivity contribution in [3.8, 4) is 0 Å². The van der Waals surface area contributed by atoms with Crippen LogP contribution in [0.25, 0.3) is 0 Å². The van der Waals surface area contributed by atoms with E-state index in [-0.39, 0.29) is 0 Å². The second kappa shape index (κ2) is 7.56. The standard InChI is InChI=1S/C17H27N/c1-2-6-17(13-15-7-4-3-5-8-15)14-16-9-11-18-12-10-16/h9-12,15,17H,2-8,13-14H2,1H3. The Kier molecular flexibility index (Phi) is 5.70. The third-order valence-corrected chi connectivity index (χ3v) is 4.36. The summed E-state index contributed by atoms with van der Waals surface area (Å²) in [5.41, 5.74) is 1.47. The van der Waals surface area contributed by atoms with Crippen LogP contribution in [-0.4, -0.2) is 4.98 Å². The van der Waals surface area contributed by atoms with Crippen LogP contribution in [0.1, 0.15) is 63.9 Å². The highest BCUT2D eigenvalue weighted by Crippen LogP contribution is 2.31. The molecule has 1 heteroatoms. The summed E-state index contributed by atoms with van der Waals surface area (Å²) in [7, 11) is 0. The lowest BCUT2D eigenvalue weighted by Crippen LogP contribution is -2.14. The average Bonchev–Trinajstić information content (AvgIpc) is 2.41. The van der Waals surface area contributed by atoms with Crippen LogP contribution in [-0.2, 0) is 6.42 Å². The van der Waals surface area contributed by atoms with Crippen molar-refractivity contribution in [2.24, 2.45) is 11.8 Å². The van der Waals surface area contributed by atoms with Crippen molar-refractivity contribution in [2.75, 3.05) is 0 Å². The molecule has 0 bridgehead atoms. The molecular formula is C17H27N. The van der Waals surface area contributed by atoms with Crippen LogP contribution < -0.4 is 0 Å². The fourth-order valence-electron chi connectivity index (χ4n) is 3.46. The normalized spacial score (nSPS) is 18.7. The van der Waals surface area contributed by atoms with E-state index in [1.165, 1.54) is 63.4 Å². The number of rotatable bonds is 6. The highest BCUT2D eigenvalue weighted by Gasteiger charge is 2.18. The van der Waals surface area contributed by atoms with Gasteiger partial charge in [-0.15, -0.1) is 0 Å². The summed E-state index contributed by atoms with van der Waals surface area (Å²) in [6, 6.07) is 4.37. The second-order valence-electron chi connectivity index (χ2n) is 5.95. The first-order valence-electron chi connectivity index (χ1n) is 7.77. The van der Waals surface area contributed by atoms with Crippen LogP contribution in [0.15, 0.2) is 24.5 Å². The molecule has 100 valence electrons. The molecule has 1 aromatic rings. The second-order valence-corrected chi connectivity index (χ2v) is 5.95. The van der Waals surface area contributed by atoms with Gasteiger partial charge in [0.05, 0.1) is 0 Å². The molecule has 1 atom stereocenters. The van der Waals surface area contributed by atoms with Gasteiger partial charge < -0.3 is 0 Å². The molecule has 1 heterocycles. The van der Waals surface area contributed by atoms with E-state index in [1.54, 1.807) is 0 Å². The fourth-order valence-corrected chi connectivity index (χ4v) is 3.46. The number of hydrogen-bond donors (Lipinski definition) is 0. The number of aromatic nitrogens is 1. The Morgan fingerprint density at radius 2 is 1.89 bits per heavy atom. The summed E-state index contributed by atoms with van der Waals surface area (Å²) in [4.78, 5) is 4.11. The Hall–Kier alpha value is -0.850. The van der Waals surface area contributed by atoms with Crippen molar-refractivity contribution in [1.29, 1.82) is 0 Å². The zero-order valence-corrected chi connectivity index (χ0v) is 11.8. The summed E-state index contributed by atoms with van der Waals surface area (Å²) in [6.07, 6.45) is 16.7. The molecule has 18 heavy (non-hydrogen) atoms. The summed E-state index contributed by atoms with van der Waals surface area (Å²) < 4.78 is 0. The Bertz CT molecular complexity index is 314. The maximum atomic E-state index is 4.11. The van der Waals surface area contributed by atoms with Crippen LogP contribution in [0.4, 0.5) is 0 Å². The lowest BCUT2D eigenvalue weighted by Gasteiger charge is -2.26. The number of hydrogen-bond acceptors (Lipinski definition) is 1. The molecule has 0 amide bonds. The number of nitrogens with zero attached hydrogens (tertiary/aromatic N) is 1. The fraction of sp³-hybridized carbons (Fsp3) is 0.706. The molecule has 0 aromatic carbocycles. The van der Waals surface area contributed by atoms with Gasteiger partial charge in [0.25, 0.3) is 0 Å². The molecule has 1 aliphatic rings. The van der Waals surface area contributed by atoms with E-state index in [1.807, 2.05) is 12.4 Å². The van der Waals surface area contributed by atoms with Gasteiger partial charge in [-0.3, -0.25) is 4.98 Å². The topological polar surface area (TPSA) is 12.9 Å². The SMILES string of the molecule is CCCC(Cc1ccncc1)CC1CCCCC1. The van der Waals surface area contributed by atoms with E-state index in [4.69, 9.17) is 0 Å². The van der Waals surface area contributed by atoms with Crippen LogP contribution in [0.2, 0.25) is 0 Å². The molecule has 0 spiro atoms. The van der Waals surface area contributed by atoms with E-state index < -0.39 is 0 Å². The Labute approximate surface area is 112 Å². The van der Waals surface area contributed by atoms with Crippen LogP contribution >= 0.6 is 0 Å². The molecule has 1 nitrogen and oxygen atoms in total. The Balaban J connectivity index is 1.86. The maximum Gasteiger partial charge on any atom is 0.0270 e. The van der Waals surface area contributed by atoms with Crippen LogP contribution in [0.5, 0.6) is 0 Å². The van der Waals surface area contributed by atoms with Crippen molar-refractivity contribution < 1.29 is 0 Å². The monoisotopic (exact) mass is 245 g/mol. The number of pyridine rings is 1. The first-order chi connectivity index (χ1) is 8.88. The van der Waals surface area contributed by atoms with Crippen LogP contribution in [0, 0.1) is 11.8 Å². The third kappa shape index (κ3) is 4.44. The summed E-state index contributed by atoms with van der Waals surface area (Å²) in [6.45, 7) is 2.32. The summed E-state index contributed by atoms with van der Waals surface area (Å²) in [5.74, 6) is 1.90. The lowest BCUT2D eigenvalue weighted by molar-refractivity contribution is 0.276. The van der Waals surface area contributed by atoms with Gasteiger partial charge in [0.15, 0.2) is 0 Å². The smallest absolute Gasteiger partial charge is 0.0270 e. The van der Waals surface area contributed by atoms with Gasteiger partial charge in [0.1, 0.15) is 0 Å². The molecule has 0 aliphatic heterocycles. The summed E-state index contributed by atoms with van der Waals surface area (Å²) >= 11 is 0. The molecule has 1 aliphatic carbocycles. The Morgan fingerprint density at radius 3 is 2.56 bits per heavy atom. The molecule has 0 N–H and O–H groups in total. The van der Waals surface area contributed by atoms with Crippen molar-refractivity contribution >= 4 is 0 Å². The van der Waals surface area contributed by atoms with Gasteiger partial charge in [-0.25, -0.2) is 0 Å². The largest absolute Gasteiger partial charge is 0.265 e. The van der Waals surface area contributed by atoms with Gasteiger partial charge in [-0.2, -0.15) is 0 Å². The van der Waals surface area contributed by atoms with E-state index in [2.05, 4.69) is 24.0 Å². The van der Waals surface area contributed by atoms with E-state index >= 15 is 0 Å². The maximum absolute atomic E-state index is 4.11. The first-order valence-corrected chi connectivity index (χ1v) is 7.77. The van der Waals surface area contributed by atoms with Gasteiger partial charge in [-0.05, 0) is 42.4 Å². The molecule has 1 fully saturated rings. The van der Waals surface area contributed by atoms with Gasteiger partial charge >= 0.3 is 0 Å². The predicted molar refractivity (Wildman–Crippen MR) is 77.5 cm³/mol. The van der Waals surface area contributed by atoms with E-state index in [0.717, 1.165) is 11.8 Å². The van der Waals surface area contributed by atoms with E-state index in [9.17, 15) is 0 Å². The molecular weight excluding hydrogens is 218 g/mol. The highest BCUT2D eigenvalue weighted by atomic mass is 14.6. The molecule has 1 aromatic heterocycles. The minimum Gasteiger partial charge on any atom is -0.265 e.